The summed E-state index contributed by atoms with van der Waals surface area (Å²) in [5, 5.41) is 1.05. The normalized spacial score (nSPS) is 16.6. The quantitative estimate of drug-likeness (QED) is 0.868. The first-order valence-electron chi connectivity index (χ1n) is 6.90. The number of morpholine rings is 1. The van der Waals surface area contributed by atoms with Crippen molar-refractivity contribution in [3.8, 4) is 0 Å². The van der Waals surface area contributed by atoms with Gasteiger partial charge in [0.2, 0.25) is 0 Å². The van der Waals surface area contributed by atoms with E-state index in [9.17, 15) is 0 Å². The number of ether oxygens (including phenoxy) is 1. The molecule has 1 fully saturated rings. The second-order valence-electron chi connectivity index (χ2n) is 5.10. The lowest BCUT2D eigenvalue weighted by molar-refractivity contribution is 0.0393. The fraction of sp³-hybridized carbons (Fsp3) is 0.500. The van der Waals surface area contributed by atoms with Crippen molar-refractivity contribution >= 4 is 32.4 Å². The molecular weight excluding hydrogens is 272 g/mol. The van der Waals surface area contributed by atoms with Crippen molar-refractivity contribution in [1.29, 1.82) is 0 Å². The first-order valence-corrected chi connectivity index (χ1v) is 7.71. The summed E-state index contributed by atoms with van der Waals surface area (Å²) in [4.78, 5) is 9.32. The van der Waals surface area contributed by atoms with Crippen LogP contribution >= 0.6 is 11.3 Å². The molecule has 0 unspecified atom stereocenters. The number of rotatable bonds is 4. The third-order valence-electron chi connectivity index (χ3n) is 3.58. The average molecular weight is 292 g/mol. The van der Waals surface area contributed by atoms with Gasteiger partial charge in [0.05, 0.1) is 23.4 Å². The van der Waals surface area contributed by atoms with Crippen molar-refractivity contribution < 1.29 is 4.74 Å². The van der Waals surface area contributed by atoms with Crippen LogP contribution in [0, 0.1) is 0 Å². The molecule has 3 rings (SSSR count). The van der Waals surface area contributed by atoms with Gasteiger partial charge in [-0.2, -0.15) is 0 Å². The largest absolute Gasteiger partial charge is 0.399 e. The molecule has 20 heavy (non-hydrogen) atoms. The first kappa shape index (κ1) is 13.6. The van der Waals surface area contributed by atoms with Crippen LogP contribution in [0.25, 0.3) is 10.2 Å². The van der Waals surface area contributed by atoms with Crippen LogP contribution in [-0.2, 0) is 4.74 Å². The molecule has 5 nitrogen and oxygen atoms in total. The van der Waals surface area contributed by atoms with Gasteiger partial charge in [0, 0.05) is 38.9 Å². The molecule has 0 atom stereocenters. The molecule has 2 N–H and O–H groups in total. The van der Waals surface area contributed by atoms with Crippen LogP contribution in [0.3, 0.4) is 0 Å². The van der Waals surface area contributed by atoms with Crippen LogP contribution in [0.1, 0.15) is 0 Å². The zero-order valence-electron chi connectivity index (χ0n) is 11.7. The monoisotopic (exact) mass is 292 g/mol. The van der Waals surface area contributed by atoms with Crippen LogP contribution in [0.2, 0.25) is 0 Å². The Bertz CT molecular complexity index is 580. The highest BCUT2D eigenvalue weighted by atomic mass is 32.1. The van der Waals surface area contributed by atoms with Crippen LogP contribution in [0.5, 0.6) is 0 Å². The number of nitrogens with zero attached hydrogens (tertiary/aromatic N) is 3. The Kier molecular flexibility index (Phi) is 4.05. The first-order chi connectivity index (χ1) is 9.72. The van der Waals surface area contributed by atoms with Gasteiger partial charge in [-0.05, 0) is 18.2 Å². The van der Waals surface area contributed by atoms with E-state index in [2.05, 4.69) is 21.8 Å². The molecule has 2 heterocycles. The van der Waals surface area contributed by atoms with Gasteiger partial charge in [-0.25, -0.2) is 4.98 Å². The smallest absolute Gasteiger partial charge is 0.186 e. The van der Waals surface area contributed by atoms with E-state index in [1.54, 1.807) is 11.3 Å². The predicted molar refractivity (Wildman–Crippen MR) is 84.6 cm³/mol. The summed E-state index contributed by atoms with van der Waals surface area (Å²) < 4.78 is 6.52. The average Bonchev–Trinajstić information content (AvgIpc) is 2.89. The molecule has 0 aliphatic carbocycles. The third-order valence-corrected chi connectivity index (χ3v) is 4.72. The number of thiazole rings is 1. The van der Waals surface area contributed by atoms with Crippen LogP contribution in [0.4, 0.5) is 10.8 Å². The minimum atomic E-state index is 0.795. The van der Waals surface area contributed by atoms with Crippen molar-refractivity contribution in [2.75, 3.05) is 57.1 Å². The zero-order chi connectivity index (χ0) is 13.9. The minimum absolute atomic E-state index is 0.795. The molecule has 6 heteroatoms. The molecule has 1 aliphatic heterocycles. The van der Waals surface area contributed by atoms with E-state index in [1.807, 2.05) is 18.2 Å². The summed E-state index contributed by atoms with van der Waals surface area (Å²) >= 11 is 1.70. The van der Waals surface area contributed by atoms with Crippen molar-refractivity contribution in [3.05, 3.63) is 18.2 Å². The predicted octanol–water partition coefficient (Wildman–Crippen LogP) is 1.65. The fourth-order valence-corrected chi connectivity index (χ4v) is 3.31. The van der Waals surface area contributed by atoms with Gasteiger partial charge in [0.1, 0.15) is 0 Å². The van der Waals surface area contributed by atoms with Crippen molar-refractivity contribution in [2.45, 2.75) is 0 Å². The van der Waals surface area contributed by atoms with Gasteiger partial charge in [-0.15, -0.1) is 0 Å². The van der Waals surface area contributed by atoms with Gasteiger partial charge in [0.25, 0.3) is 0 Å². The maximum Gasteiger partial charge on any atom is 0.186 e. The molecule has 1 saturated heterocycles. The number of hydrogen-bond acceptors (Lipinski definition) is 6. The Morgan fingerprint density at radius 3 is 3.00 bits per heavy atom. The molecule has 0 saturated carbocycles. The molecule has 108 valence electrons. The van der Waals surface area contributed by atoms with Crippen molar-refractivity contribution in [2.24, 2.45) is 0 Å². The SMILES string of the molecule is CN(CCN1CCOCC1)c1nc2ccc(N)cc2s1. The lowest BCUT2D eigenvalue weighted by atomic mass is 10.3. The highest BCUT2D eigenvalue weighted by molar-refractivity contribution is 7.22. The molecule has 0 amide bonds. The Morgan fingerprint density at radius 2 is 2.20 bits per heavy atom. The van der Waals surface area contributed by atoms with E-state index in [-0.39, 0.29) is 0 Å². The number of nitrogen functional groups attached to an aromatic ring is 1. The maximum absolute atomic E-state index is 5.81. The number of anilines is 2. The lowest BCUT2D eigenvalue weighted by Gasteiger charge is -2.28. The van der Waals surface area contributed by atoms with Crippen molar-refractivity contribution in [3.63, 3.8) is 0 Å². The highest BCUT2D eigenvalue weighted by Gasteiger charge is 2.13. The molecule has 1 aliphatic rings. The number of benzene rings is 1. The second-order valence-corrected chi connectivity index (χ2v) is 6.11. The number of fused-ring (bicyclic) bond motifs is 1. The Balaban J connectivity index is 1.64. The Morgan fingerprint density at radius 1 is 1.40 bits per heavy atom. The van der Waals surface area contributed by atoms with E-state index in [4.69, 9.17) is 10.5 Å². The Labute approximate surface area is 122 Å². The highest BCUT2D eigenvalue weighted by Crippen LogP contribution is 2.29. The van der Waals surface area contributed by atoms with Gasteiger partial charge < -0.3 is 15.4 Å². The number of hydrogen-bond donors (Lipinski definition) is 1. The molecule has 0 spiro atoms. The van der Waals surface area contributed by atoms with E-state index in [1.165, 1.54) is 0 Å². The molecule has 0 bridgehead atoms. The van der Waals surface area contributed by atoms with E-state index >= 15 is 0 Å². The number of nitrogens with two attached hydrogens (primary N) is 1. The summed E-state index contributed by atoms with van der Waals surface area (Å²) in [6, 6.07) is 5.88. The second kappa shape index (κ2) is 5.95. The van der Waals surface area contributed by atoms with E-state index in [0.29, 0.717) is 0 Å². The van der Waals surface area contributed by atoms with Gasteiger partial charge in [-0.1, -0.05) is 11.3 Å². The summed E-state index contributed by atoms with van der Waals surface area (Å²) in [6.45, 7) is 5.80. The molecule has 2 aromatic rings. The third kappa shape index (κ3) is 3.03. The zero-order valence-corrected chi connectivity index (χ0v) is 12.5. The molecular formula is C14H20N4OS. The topological polar surface area (TPSA) is 54.6 Å². The van der Waals surface area contributed by atoms with Crippen LogP contribution in [0.15, 0.2) is 18.2 Å². The minimum Gasteiger partial charge on any atom is -0.399 e. The lowest BCUT2D eigenvalue weighted by Crippen LogP contribution is -2.40. The number of aromatic nitrogens is 1. The maximum atomic E-state index is 5.81. The van der Waals surface area contributed by atoms with Crippen LogP contribution < -0.4 is 10.6 Å². The van der Waals surface area contributed by atoms with E-state index < -0.39 is 0 Å². The van der Waals surface area contributed by atoms with E-state index in [0.717, 1.165) is 60.4 Å². The fourth-order valence-electron chi connectivity index (χ4n) is 2.30. The molecule has 0 radical (unpaired) electrons. The summed E-state index contributed by atoms with van der Waals surface area (Å²) in [6.07, 6.45) is 0. The summed E-state index contributed by atoms with van der Waals surface area (Å²) in [5.41, 5.74) is 7.63. The molecule has 1 aromatic carbocycles. The van der Waals surface area contributed by atoms with Gasteiger partial charge >= 0.3 is 0 Å². The van der Waals surface area contributed by atoms with Gasteiger partial charge in [-0.3, -0.25) is 4.90 Å². The molecule has 1 aromatic heterocycles. The van der Waals surface area contributed by atoms with Gasteiger partial charge in [0.15, 0.2) is 5.13 Å². The standard InChI is InChI=1S/C14H20N4OS/c1-17(4-5-18-6-8-19-9-7-18)14-16-12-3-2-11(15)10-13(12)20-14/h2-3,10H,4-9,15H2,1H3. The van der Waals surface area contributed by atoms with Crippen LogP contribution in [-0.4, -0.2) is 56.3 Å². The summed E-state index contributed by atoms with van der Waals surface area (Å²) in [5.74, 6) is 0. The Hall–Kier alpha value is -1.37. The number of likely N-dealkylation sites (N-methyl/N-ethyl adjacent to an activating group) is 1. The summed E-state index contributed by atoms with van der Waals surface area (Å²) in [7, 11) is 2.10. The van der Waals surface area contributed by atoms with Crippen molar-refractivity contribution in [1.82, 2.24) is 9.88 Å².